The van der Waals surface area contributed by atoms with E-state index in [1.807, 2.05) is 18.1 Å². The number of hydrogen-bond acceptors (Lipinski definition) is 6. The molecule has 0 saturated heterocycles. The maximum absolute atomic E-state index is 12.1. The summed E-state index contributed by atoms with van der Waals surface area (Å²) < 4.78 is 4.95. The zero-order valence-corrected chi connectivity index (χ0v) is 16.8. The summed E-state index contributed by atoms with van der Waals surface area (Å²) in [6.45, 7) is 7.08. The SMILES string of the molecule is Cc1cc(NC(=O)CN(C)Cc2cnc(-c3ccc(C(C)C)cc3)s2)no1. The molecule has 0 atom stereocenters. The number of carbonyl (C=O) groups excluding carboxylic acids is 1. The Morgan fingerprint density at radius 3 is 2.67 bits per heavy atom. The van der Waals surface area contributed by atoms with Crippen LogP contribution in [0, 0.1) is 6.92 Å². The number of benzene rings is 1. The zero-order chi connectivity index (χ0) is 19.4. The van der Waals surface area contributed by atoms with Crippen LogP contribution < -0.4 is 5.32 Å². The lowest BCUT2D eigenvalue weighted by atomic mass is 10.0. The van der Waals surface area contributed by atoms with Crippen LogP contribution in [0.1, 0.15) is 36.0 Å². The smallest absolute Gasteiger partial charge is 0.239 e. The van der Waals surface area contributed by atoms with Crippen LogP contribution in [0.2, 0.25) is 0 Å². The molecule has 3 aromatic rings. The number of nitrogens with one attached hydrogen (secondary N) is 1. The van der Waals surface area contributed by atoms with E-state index in [0.29, 0.717) is 24.0 Å². The third-order valence-corrected chi connectivity index (χ3v) is 5.14. The monoisotopic (exact) mass is 384 g/mol. The van der Waals surface area contributed by atoms with E-state index in [1.165, 1.54) is 5.56 Å². The van der Waals surface area contributed by atoms with Crippen molar-refractivity contribution < 1.29 is 9.32 Å². The van der Waals surface area contributed by atoms with E-state index in [-0.39, 0.29) is 12.5 Å². The van der Waals surface area contributed by atoms with Crippen molar-refractivity contribution in [1.29, 1.82) is 0 Å². The average Bonchev–Trinajstić information content (AvgIpc) is 3.23. The summed E-state index contributed by atoms with van der Waals surface area (Å²) >= 11 is 1.65. The van der Waals surface area contributed by atoms with Crippen molar-refractivity contribution in [2.45, 2.75) is 33.2 Å². The van der Waals surface area contributed by atoms with E-state index >= 15 is 0 Å². The molecule has 0 aliphatic carbocycles. The molecule has 0 fully saturated rings. The molecule has 3 rings (SSSR count). The summed E-state index contributed by atoms with van der Waals surface area (Å²) in [6.07, 6.45) is 1.88. The number of aromatic nitrogens is 2. The molecule has 1 amide bonds. The first-order valence-electron chi connectivity index (χ1n) is 8.87. The predicted molar refractivity (Wildman–Crippen MR) is 108 cm³/mol. The van der Waals surface area contributed by atoms with Crippen LogP contribution in [0.25, 0.3) is 10.6 Å². The highest BCUT2D eigenvalue weighted by molar-refractivity contribution is 7.15. The number of amides is 1. The fourth-order valence-electron chi connectivity index (χ4n) is 2.70. The standard InChI is InChI=1S/C20H24N4O2S/c1-13(2)15-5-7-16(8-6-15)20-21-10-17(27-20)11-24(4)12-19(25)22-18-9-14(3)26-23-18/h5-10,13H,11-12H2,1-4H3,(H,22,23,25). The largest absolute Gasteiger partial charge is 0.360 e. The van der Waals surface area contributed by atoms with Gasteiger partial charge in [0.2, 0.25) is 5.91 Å². The molecule has 6 nitrogen and oxygen atoms in total. The fourth-order valence-corrected chi connectivity index (χ4v) is 3.70. The van der Waals surface area contributed by atoms with Gasteiger partial charge in [0.15, 0.2) is 5.82 Å². The van der Waals surface area contributed by atoms with Gasteiger partial charge in [-0.2, -0.15) is 0 Å². The van der Waals surface area contributed by atoms with Gasteiger partial charge in [-0.15, -0.1) is 11.3 Å². The van der Waals surface area contributed by atoms with Crippen molar-refractivity contribution in [2.75, 3.05) is 18.9 Å². The molecule has 0 aliphatic rings. The van der Waals surface area contributed by atoms with Crippen LogP contribution in [0.3, 0.4) is 0 Å². The van der Waals surface area contributed by atoms with Crippen LogP contribution in [-0.2, 0) is 11.3 Å². The van der Waals surface area contributed by atoms with E-state index in [0.717, 1.165) is 15.4 Å². The Morgan fingerprint density at radius 1 is 1.30 bits per heavy atom. The van der Waals surface area contributed by atoms with Gasteiger partial charge in [-0.3, -0.25) is 9.69 Å². The van der Waals surface area contributed by atoms with Crippen LogP contribution in [0.15, 0.2) is 41.1 Å². The second-order valence-electron chi connectivity index (χ2n) is 6.95. The molecule has 2 aromatic heterocycles. The van der Waals surface area contributed by atoms with Crippen LogP contribution in [-0.4, -0.2) is 34.5 Å². The van der Waals surface area contributed by atoms with Crippen molar-refractivity contribution in [3.63, 3.8) is 0 Å². The number of thiazole rings is 1. The van der Waals surface area contributed by atoms with E-state index in [9.17, 15) is 4.79 Å². The molecule has 0 aliphatic heterocycles. The molecular formula is C20H24N4O2S. The highest BCUT2D eigenvalue weighted by Gasteiger charge is 2.12. The Bertz CT molecular complexity index is 899. The second kappa shape index (κ2) is 8.45. The van der Waals surface area contributed by atoms with Gasteiger partial charge >= 0.3 is 0 Å². The lowest BCUT2D eigenvalue weighted by Gasteiger charge is -2.14. The van der Waals surface area contributed by atoms with Crippen molar-refractivity contribution in [3.8, 4) is 10.6 Å². The van der Waals surface area contributed by atoms with Crippen LogP contribution >= 0.6 is 11.3 Å². The van der Waals surface area contributed by atoms with E-state index in [2.05, 4.69) is 53.6 Å². The number of nitrogens with zero attached hydrogens (tertiary/aromatic N) is 3. The van der Waals surface area contributed by atoms with Crippen LogP contribution in [0.5, 0.6) is 0 Å². The normalized spacial score (nSPS) is 11.3. The molecule has 2 heterocycles. The highest BCUT2D eigenvalue weighted by atomic mass is 32.1. The first-order valence-corrected chi connectivity index (χ1v) is 9.69. The third-order valence-electron chi connectivity index (χ3n) is 4.11. The minimum absolute atomic E-state index is 0.125. The summed E-state index contributed by atoms with van der Waals surface area (Å²) in [6, 6.07) is 10.2. The molecule has 1 aromatic carbocycles. The minimum atomic E-state index is -0.125. The molecule has 1 N–H and O–H groups in total. The molecule has 0 unspecified atom stereocenters. The number of rotatable bonds is 7. The number of anilines is 1. The van der Waals surface area contributed by atoms with Gasteiger partial charge in [-0.05, 0) is 25.5 Å². The van der Waals surface area contributed by atoms with Gasteiger partial charge in [-0.25, -0.2) is 4.98 Å². The number of carbonyl (C=O) groups is 1. The van der Waals surface area contributed by atoms with Gasteiger partial charge in [-0.1, -0.05) is 43.3 Å². The molecule has 142 valence electrons. The van der Waals surface area contributed by atoms with E-state index in [1.54, 1.807) is 24.3 Å². The van der Waals surface area contributed by atoms with Gasteiger partial charge in [0, 0.05) is 29.2 Å². The first kappa shape index (κ1) is 19.3. The number of hydrogen-bond donors (Lipinski definition) is 1. The minimum Gasteiger partial charge on any atom is -0.360 e. The van der Waals surface area contributed by atoms with Crippen LogP contribution in [0.4, 0.5) is 5.82 Å². The third kappa shape index (κ3) is 5.24. The van der Waals surface area contributed by atoms with E-state index in [4.69, 9.17) is 4.52 Å². The lowest BCUT2D eigenvalue weighted by Crippen LogP contribution is -2.29. The van der Waals surface area contributed by atoms with Crippen molar-refractivity contribution in [2.24, 2.45) is 0 Å². The summed E-state index contributed by atoms with van der Waals surface area (Å²) in [5, 5.41) is 7.49. The number of likely N-dealkylation sites (N-methyl/N-ethyl adjacent to an activating group) is 1. The molecule has 0 saturated carbocycles. The van der Waals surface area contributed by atoms with Crippen molar-refractivity contribution in [1.82, 2.24) is 15.0 Å². The Morgan fingerprint density at radius 2 is 2.04 bits per heavy atom. The molecule has 27 heavy (non-hydrogen) atoms. The molecule has 0 bridgehead atoms. The molecule has 7 heteroatoms. The molecular weight excluding hydrogens is 360 g/mol. The van der Waals surface area contributed by atoms with E-state index < -0.39 is 0 Å². The van der Waals surface area contributed by atoms with Crippen molar-refractivity contribution in [3.05, 3.63) is 52.7 Å². The molecule has 0 radical (unpaired) electrons. The quantitative estimate of drug-likeness (QED) is 0.657. The van der Waals surface area contributed by atoms with Gasteiger partial charge in [0.05, 0.1) is 6.54 Å². The zero-order valence-electron chi connectivity index (χ0n) is 16.0. The summed E-state index contributed by atoms with van der Waals surface area (Å²) in [5.41, 5.74) is 2.45. The summed E-state index contributed by atoms with van der Waals surface area (Å²) in [4.78, 5) is 19.7. The Balaban J connectivity index is 1.55. The lowest BCUT2D eigenvalue weighted by molar-refractivity contribution is -0.117. The Kier molecular flexibility index (Phi) is 6.03. The average molecular weight is 385 g/mol. The second-order valence-corrected chi connectivity index (χ2v) is 8.07. The Hall–Kier alpha value is -2.51. The Labute approximate surface area is 163 Å². The van der Waals surface area contributed by atoms with Gasteiger partial charge in [0.1, 0.15) is 10.8 Å². The summed E-state index contributed by atoms with van der Waals surface area (Å²) in [7, 11) is 1.91. The maximum atomic E-state index is 12.1. The fraction of sp³-hybridized carbons (Fsp3) is 0.350. The number of aryl methyl sites for hydroxylation is 1. The molecule has 0 spiro atoms. The predicted octanol–water partition coefficient (Wildman–Crippen LogP) is 4.30. The van der Waals surface area contributed by atoms with Gasteiger partial charge in [0.25, 0.3) is 0 Å². The van der Waals surface area contributed by atoms with Gasteiger partial charge < -0.3 is 9.84 Å². The topological polar surface area (TPSA) is 71.3 Å². The first-order chi connectivity index (χ1) is 12.9. The summed E-state index contributed by atoms with van der Waals surface area (Å²) in [5.74, 6) is 1.50. The highest BCUT2D eigenvalue weighted by Crippen LogP contribution is 2.27. The maximum Gasteiger partial charge on any atom is 0.239 e. The van der Waals surface area contributed by atoms with Crippen molar-refractivity contribution >= 4 is 23.1 Å².